The van der Waals surface area contributed by atoms with Crippen LogP contribution >= 0.6 is 0 Å². The third kappa shape index (κ3) is 3.55. The van der Waals surface area contributed by atoms with Crippen LogP contribution in [0, 0.1) is 0 Å². The van der Waals surface area contributed by atoms with Crippen molar-refractivity contribution in [3.63, 3.8) is 0 Å². The Balaban J connectivity index is 1.58. The number of sulfone groups is 1. The Labute approximate surface area is 163 Å². The Bertz CT molecular complexity index is 1150. The number of carbonyl (C=O) groups is 1. The fourth-order valence-corrected chi connectivity index (χ4v) is 4.63. The Kier molecular flexibility index (Phi) is 4.72. The van der Waals surface area contributed by atoms with Gasteiger partial charge in [0, 0.05) is 18.2 Å². The maximum atomic E-state index is 12.7. The van der Waals surface area contributed by atoms with Crippen molar-refractivity contribution in [2.75, 3.05) is 7.05 Å². The minimum atomic E-state index is -3.72. The number of aromatic amines is 1. The van der Waals surface area contributed by atoms with Crippen molar-refractivity contribution in [1.82, 2.24) is 20.5 Å². The summed E-state index contributed by atoms with van der Waals surface area (Å²) < 4.78 is 25.5. The highest BCUT2D eigenvalue weighted by molar-refractivity contribution is 7.90. The van der Waals surface area contributed by atoms with Gasteiger partial charge < -0.3 is 5.32 Å². The van der Waals surface area contributed by atoms with Crippen LogP contribution in [0.1, 0.15) is 33.5 Å². The molecule has 144 valence electrons. The molecule has 0 atom stereocenters. The summed E-state index contributed by atoms with van der Waals surface area (Å²) in [5.74, 6) is -0.165. The minimum Gasteiger partial charge on any atom is -0.355 e. The van der Waals surface area contributed by atoms with E-state index in [-0.39, 0.29) is 16.8 Å². The number of nitrogens with zero attached hydrogens (tertiary/aromatic N) is 2. The lowest BCUT2D eigenvalue weighted by atomic mass is 10.1. The van der Waals surface area contributed by atoms with Crippen LogP contribution in [0.3, 0.4) is 0 Å². The van der Waals surface area contributed by atoms with E-state index in [2.05, 4.69) is 26.6 Å². The second kappa shape index (κ2) is 7.20. The van der Waals surface area contributed by atoms with Crippen LogP contribution in [0.5, 0.6) is 0 Å². The summed E-state index contributed by atoms with van der Waals surface area (Å²) in [6.45, 7) is 0. The highest BCUT2D eigenvalue weighted by atomic mass is 32.2. The number of amides is 1. The number of aromatic nitrogens is 3. The van der Waals surface area contributed by atoms with Gasteiger partial charge in [-0.05, 0) is 54.2 Å². The molecule has 0 fully saturated rings. The van der Waals surface area contributed by atoms with Crippen LogP contribution in [0.15, 0.2) is 47.6 Å². The van der Waals surface area contributed by atoms with Gasteiger partial charge in [-0.25, -0.2) is 13.5 Å². The number of hydrogen-bond donors (Lipinski definition) is 2. The fraction of sp³-hybridized carbons (Fsp3) is 0.250. The molecule has 4 rings (SSSR count). The Morgan fingerprint density at radius 2 is 1.96 bits per heavy atom. The molecule has 7 nitrogen and oxygen atoms in total. The van der Waals surface area contributed by atoms with Gasteiger partial charge in [-0.3, -0.25) is 4.79 Å². The Hall–Kier alpha value is -3.00. The lowest BCUT2D eigenvalue weighted by Gasteiger charge is -2.04. The first-order valence-electron chi connectivity index (χ1n) is 9.04. The van der Waals surface area contributed by atoms with Gasteiger partial charge in [-0.2, -0.15) is 10.1 Å². The van der Waals surface area contributed by atoms with Crippen LogP contribution in [0.25, 0.3) is 11.4 Å². The largest absolute Gasteiger partial charge is 0.355 e. The van der Waals surface area contributed by atoms with Crippen molar-refractivity contribution >= 4 is 15.7 Å². The Morgan fingerprint density at radius 3 is 2.79 bits per heavy atom. The SMILES string of the molecule is CNC(=O)c1cccc(CS(=O)(=O)c2nc(-c3ccc4c(c3)CCC4)n[nH]2)c1. The third-order valence-corrected chi connectivity index (χ3v) is 6.37. The van der Waals surface area contributed by atoms with Crippen molar-refractivity contribution in [3.8, 4) is 11.4 Å². The molecule has 8 heteroatoms. The van der Waals surface area contributed by atoms with Gasteiger partial charge in [-0.15, -0.1) is 0 Å². The summed E-state index contributed by atoms with van der Waals surface area (Å²) in [5.41, 5.74) is 4.34. The first-order chi connectivity index (χ1) is 13.5. The molecule has 2 aromatic carbocycles. The third-order valence-electron chi connectivity index (χ3n) is 4.89. The van der Waals surface area contributed by atoms with E-state index in [0.717, 1.165) is 24.8 Å². The van der Waals surface area contributed by atoms with E-state index < -0.39 is 9.84 Å². The summed E-state index contributed by atoms with van der Waals surface area (Å²) in [6, 6.07) is 12.6. The summed E-state index contributed by atoms with van der Waals surface area (Å²) in [7, 11) is -2.19. The van der Waals surface area contributed by atoms with E-state index in [1.807, 2.05) is 12.1 Å². The van der Waals surface area contributed by atoms with Crippen molar-refractivity contribution in [1.29, 1.82) is 0 Å². The second-order valence-electron chi connectivity index (χ2n) is 6.84. The zero-order valence-corrected chi connectivity index (χ0v) is 16.2. The predicted octanol–water partition coefficient (Wildman–Crippen LogP) is 2.29. The molecule has 28 heavy (non-hydrogen) atoms. The molecule has 0 spiro atoms. The maximum Gasteiger partial charge on any atom is 0.251 e. The van der Waals surface area contributed by atoms with E-state index in [1.165, 1.54) is 18.2 Å². The van der Waals surface area contributed by atoms with E-state index >= 15 is 0 Å². The number of H-pyrrole nitrogens is 1. The van der Waals surface area contributed by atoms with Gasteiger partial charge in [0.25, 0.3) is 5.91 Å². The molecule has 0 aliphatic heterocycles. The number of hydrogen-bond acceptors (Lipinski definition) is 5. The van der Waals surface area contributed by atoms with Gasteiger partial charge in [0.15, 0.2) is 5.82 Å². The molecule has 0 saturated heterocycles. The first-order valence-corrected chi connectivity index (χ1v) is 10.7. The molecule has 1 amide bonds. The molecule has 0 radical (unpaired) electrons. The zero-order chi connectivity index (χ0) is 19.7. The number of nitrogens with one attached hydrogen (secondary N) is 2. The van der Waals surface area contributed by atoms with Gasteiger partial charge in [0.2, 0.25) is 15.0 Å². The average molecular weight is 396 g/mol. The molecular weight excluding hydrogens is 376 g/mol. The molecular formula is C20H20N4O3S. The number of fused-ring (bicyclic) bond motifs is 1. The minimum absolute atomic E-state index is 0.173. The predicted molar refractivity (Wildman–Crippen MR) is 105 cm³/mol. The number of carbonyl (C=O) groups excluding carboxylic acids is 1. The lowest BCUT2D eigenvalue weighted by Crippen LogP contribution is -2.18. The molecule has 2 N–H and O–H groups in total. The zero-order valence-electron chi connectivity index (χ0n) is 15.4. The molecule has 1 aliphatic carbocycles. The highest BCUT2D eigenvalue weighted by Gasteiger charge is 2.22. The van der Waals surface area contributed by atoms with Crippen molar-refractivity contribution in [2.45, 2.75) is 30.2 Å². The second-order valence-corrected chi connectivity index (χ2v) is 8.74. The number of rotatable bonds is 5. The van der Waals surface area contributed by atoms with Crippen molar-refractivity contribution < 1.29 is 13.2 Å². The van der Waals surface area contributed by atoms with E-state index in [4.69, 9.17) is 0 Å². The maximum absolute atomic E-state index is 12.7. The average Bonchev–Trinajstić information content (AvgIpc) is 3.36. The summed E-state index contributed by atoms with van der Waals surface area (Å²) in [4.78, 5) is 16.0. The molecule has 1 heterocycles. The van der Waals surface area contributed by atoms with Crippen molar-refractivity contribution in [2.24, 2.45) is 0 Å². The van der Waals surface area contributed by atoms with Crippen molar-refractivity contribution in [3.05, 3.63) is 64.7 Å². The standard InChI is InChI=1S/C20H20N4O3S/c1-21-19(25)17-7-2-4-13(10-17)12-28(26,27)20-22-18(23-24-20)16-9-8-14-5-3-6-15(14)11-16/h2,4,7-11H,3,5-6,12H2,1H3,(H,21,25)(H,22,23,24). The van der Waals surface area contributed by atoms with Gasteiger partial charge in [0.1, 0.15) is 0 Å². The smallest absolute Gasteiger partial charge is 0.251 e. The quantitative estimate of drug-likeness (QED) is 0.688. The van der Waals surface area contributed by atoms with Gasteiger partial charge >= 0.3 is 0 Å². The van der Waals surface area contributed by atoms with Crippen LogP contribution < -0.4 is 5.32 Å². The first kappa shape index (κ1) is 18.4. The summed E-state index contributed by atoms with van der Waals surface area (Å²) in [5, 5.41) is 9.00. The molecule has 1 aliphatic rings. The summed E-state index contributed by atoms with van der Waals surface area (Å²) in [6.07, 6.45) is 3.25. The molecule has 1 aromatic heterocycles. The van der Waals surface area contributed by atoms with Crippen LogP contribution in [0.4, 0.5) is 0 Å². The monoisotopic (exact) mass is 396 g/mol. The normalized spacial score (nSPS) is 13.3. The molecule has 0 saturated carbocycles. The molecule has 0 unspecified atom stereocenters. The topological polar surface area (TPSA) is 105 Å². The van der Waals surface area contributed by atoms with Crippen LogP contribution in [-0.4, -0.2) is 36.6 Å². The van der Waals surface area contributed by atoms with Crippen LogP contribution in [0.2, 0.25) is 0 Å². The Morgan fingerprint density at radius 1 is 1.14 bits per heavy atom. The van der Waals surface area contributed by atoms with Gasteiger partial charge in [-0.1, -0.05) is 24.3 Å². The highest BCUT2D eigenvalue weighted by Crippen LogP contribution is 2.27. The van der Waals surface area contributed by atoms with E-state index in [1.54, 1.807) is 24.3 Å². The van der Waals surface area contributed by atoms with Gasteiger partial charge in [0.05, 0.1) is 5.75 Å². The fourth-order valence-electron chi connectivity index (χ4n) is 3.46. The van der Waals surface area contributed by atoms with Crippen LogP contribution in [-0.2, 0) is 28.4 Å². The summed E-state index contributed by atoms with van der Waals surface area (Å²) >= 11 is 0. The van der Waals surface area contributed by atoms with E-state index in [0.29, 0.717) is 17.0 Å². The molecule has 0 bridgehead atoms. The number of benzene rings is 2. The van der Waals surface area contributed by atoms with E-state index in [9.17, 15) is 13.2 Å². The molecule has 3 aromatic rings. The number of aryl methyl sites for hydroxylation is 2. The lowest BCUT2D eigenvalue weighted by molar-refractivity contribution is 0.0963.